The summed E-state index contributed by atoms with van der Waals surface area (Å²) in [6.45, 7) is 3.01. The molecular weight excluding hydrogens is 358 g/mol. The first-order valence-electron chi connectivity index (χ1n) is 9.30. The highest BCUT2D eigenvalue weighted by Gasteiger charge is 2.12. The largest absolute Gasteiger partial charge is 0.494 e. The van der Waals surface area contributed by atoms with E-state index in [2.05, 4.69) is 15.4 Å². The minimum Gasteiger partial charge on any atom is -0.494 e. The standard InChI is InChI=1S/C20H25N5O3/c1-3-28-18-7-6-15(11-16(18)14-26)20-22-8-10-25(20)17-12-23-24(13-17)9-4-5-19(27)21-2/h6-8,10-13,26H,3-5,9,14H2,1-2H3,(H,21,27). The number of benzene rings is 1. The molecule has 0 spiro atoms. The van der Waals surface area contributed by atoms with E-state index in [9.17, 15) is 9.90 Å². The van der Waals surface area contributed by atoms with Gasteiger partial charge in [0, 0.05) is 49.7 Å². The number of aliphatic hydroxyl groups excluding tert-OH is 1. The molecule has 3 rings (SSSR count). The molecule has 0 saturated heterocycles. The summed E-state index contributed by atoms with van der Waals surface area (Å²) >= 11 is 0. The lowest BCUT2D eigenvalue weighted by Gasteiger charge is -2.11. The van der Waals surface area contributed by atoms with Crippen LogP contribution in [0.1, 0.15) is 25.3 Å². The monoisotopic (exact) mass is 383 g/mol. The first-order chi connectivity index (χ1) is 13.7. The Bertz CT molecular complexity index is 932. The summed E-state index contributed by atoms with van der Waals surface area (Å²) in [7, 11) is 1.64. The second-order valence-corrected chi connectivity index (χ2v) is 6.27. The Hall–Kier alpha value is -3.13. The van der Waals surface area contributed by atoms with Gasteiger partial charge in [-0.15, -0.1) is 0 Å². The molecule has 0 aliphatic rings. The quantitative estimate of drug-likeness (QED) is 0.590. The Balaban J connectivity index is 1.80. The molecule has 0 fully saturated rings. The predicted molar refractivity (Wildman–Crippen MR) is 105 cm³/mol. The number of hydrogen-bond acceptors (Lipinski definition) is 5. The van der Waals surface area contributed by atoms with E-state index in [1.807, 2.05) is 46.8 Å². The molecule has 28 heavy (non-hydrogen) atoms. The maximum absolute atomic E-state index is 11.3. The fourth-order valence-electron chi connectivity index (χ4n) is 2.99. The van der Waals surface area contributed by atoms with Crippen LogP contribution in [0.5, 0.6) is 5.75 Å². The molecule has 0 unspecified atom stereocenters. The van der Waals surface area contributed by atoms with Crippen LogP contribution in [0, 0.1) is 0 Å². The zero-order valence-electron chi connectivity index (χ0n) is 16.1. The number of nitrogens with zero attached hydrogens (tertiary/aromatic N) is 4. The molecule has 8 nitrogen and oxygen atoms in total. The van der Waals surface area contributed by atoms with E-state index in [-0.39, 0.29) is 12.5 Å². The normalized spacial score (nSPS) is 10.8. The van der Waals surface area contributed by atoms with E-state index in [0.717, 1.165) is 29.1 Å². The number of rotatable bonds is 9. The summed E-state index contributed by atoms with van der Waals surface area (Å²) in [6.07, 6.45) is 8.49. The molecule has 2 aromatic heterocycles. The topological polar surface area (TPSA) is 94.2 Å². The number of ether oxygens (including phenoxy) is 1. The number of aryl methyl sites for hydroxylation is 1. The molecule has 3 aromatic rings. The van der Waals surface area contributed by atoms with Gasteiger partial charge in [-0.3, -0.25) is 14.0 Å². The fraction of sp³-hybridized carbons (Fsp3) is 0.350. The molecule has 0 bridgehead atoms. The van der Waals surface area contributed by atoms with E-state index >= 15 is 0 Å². The van der Waals surface area contributed by atoms with E-state index in [0.29, 0.717) is 25.3 Å². The van der Waals surface area contributed by atoms with Gasteiger partial charge in [-0.2, -0.15) is 5.10 Å². The van der Waals surface area contributed by atoms with Crippen molar-refractivity contribution in [2.24, 2.45) is 0 Å². The van der Waals surface area contributed by atoms with Crippen LogP contribution < -0.4 is 10.1 Å². The van der Waals surface area contributed by atoms with Gasteiger partial charge in [-0.1, -0.05) is 0 Å². The Morgan fingerprint density at radius 2 is 2.21 bits per heavy atom. The summed E-state index contributed by atoms with van der Waals surface area (Å²) in [4.78, 5) is 15.8. The average Bonchev–Trinajstić information content (AvgIpc) is 3.37. The van der Waals surface area contributed by atoms with Crippen molar-refractivity contribution >= 4 is 5.91 Å². The smallest absolute Gasteiger partial charge is 0.219 e. The third-order valence-corrected chi connectivity index (χ3v) is 4.40. The third-order valence-electron chi connectivity index (χ3n) is 4.40. The maximum atomic E-state index is 11.3. The van der Waals surface area contributed by atoms with E-state index in [4.69, 9.17) is 4.74 Å². The second-order valence-electron chi connectivity index (χ2n) is 6.27. The van der Waals surface area contributed by atoms with Crippen LogP contribution in [-0.4, -0.2) is 44.0 Å². The molecule has 148 valence electrons. The van der Waals surface area contributed by atoms with Crippen molar-refractivity contribution in [2.75, 3.05) is 13.7 Å². The Labute approximate surface area is 163 Å². The first kappa shape index (κ1) is 19.6. The summed E-state index contributed by atoms with van der Waals surface area (Å²) in [6, 6.07) is 5.67. The van der Waals surface area contributed by atoms with Crippen molar-refractivity contribution < 1.29 is 14.6 Å². The van der Waals surface area contributed by atoms with Gasteiger partial charge in [-0.25, -0.2) is 4.98 Å². The Morgan fingerprint density at radius 1 is 1.36 bits per heavy atom. The Morgan fingerprint density at radius 3 is 2.96 bits per heavy atom. The van der Waals surface area contributed by atoms with Gasteiger partial charge in [0.2, 0.25) is 5.91 Å². The minimum atomic E-state index is -0.104. The summed E-state index contributed by atoms with van der Waals surface area (Å²) in [5.74, 6) is 1.46. The van der Waals surface area contributed by atoms with Crippen molar-refractivity contribution in [1.82, 2.24) is 24.6 Å². The minimum absolute atomic E-state index is 0.0273. The fourth-order valence-corrected chi connectivity index (χ4v) is 2.99. The molecule has 0 atom stereocenters. The molecule has 2 N–H and O–H groups in total. The lowest BCUT2D eigenvalue weighted by Crippen LogP contribution is -2.17. The van der Waals surface area contributed by atoms with E-state index < -0.39 is 0 Å². The van der Waals surface area contributed by atoms with Crippen molar-refractivity contribution in [3.8, 4) is 22.8 Å². The highest BCUT2D eigenvalue weighted by atomic mass is 16.5. The number of nitrogens with one attached hydrogen (secondary N) is 1. The molecule has 8 heteroatoms. The molecule has 1 aromatic carbocycles. The summed E-state index contributed by atoms with van der Waals surface area (Å²) in [5, 5.41) is 16.6. The van der Waals surface area contributed by atoms with Gasteiger partial charge >= 0.3 is 0 Å². The zero-order chi connectivity index (χ0) is 19.9. The number of carbonyl (C=O) groups is 1. The summed E-state index contributed by atoms with van der Waals surface area (Å²) in [5.41, 5.74) is 2.48. The highest BCUT2D eigenvalue weighted by Crippen LogP contribution is 2.27. The Kier molecular flexibility index (Phi) is 6.44. The highest BCUT2D eigenvalue weighted by molar-refractivity contribution is 5.75. The van der Waals surface area contributed by atoms with Gasteiger partial charge in [0.05, 0.1) is 25.1 Å². The number of aliphatic hydroxyl groups is 1. The predicted octanol–water partition coefficient (Wildman–Crippen LogP) is 2.15. The number of aromatic nitrogens is 4. The van der Waals surface area contributed by atoms with Crippen LogP contribution in [0.15, 0.2) is 43.0 Å². The lowest BCUT2D eigenvalue weighted by molar-refractivity contribution is -0.120. The first-order valence-corrected chi connectivity index (χ1v) is 9.30. The molecule has 0 saturated carbocycles. The number of imidazole rings is 1. The average molecular weight is 383 g/mol. The summed E-state index contributed by atoms with van der Waals surface area (Å²) < 4.78 is 9.31. The van der Waals surface area contributed by atoms with Crippen LogP contribution >= 0.6 is 0 Å². The van der Waals surface area contributed by atoms with Crippen LogP contribution in [-0.2, 0) is 17.9 Å². The lowest BCUT2D eigenvalue weighted by atomic mass is 10.1. The van der Waals surface area contributed by atoms with Crippen molar-refractivity contribution in [3.63, 3.8) is 0 Å². The molecule has 0 radical (unpaired) electrons. The van der Waals surface area contributed by atoms with Crippen LogP contribution in [0.3, 0.4) is 0 Å². The number of carbonyl (C=O) groups excluding carboxylic acids is 1. The van der Waals surface area contributed by atoms with Crippen molar-refractivity contribution in [1.29, 1.82) is 0 Å². The van der Waals surface area contributed by atoms with Gasteiger partial charge in [-0.05, 0) is 31.5 Å². The molecule has 1 amide bonds. The third kappa shape index (κ3) is 4.40. The van der Waals surface area contributed by atoms with Crippen molar-refractivity contribution in [3.05, 3.63) is 48.5 Å². The van der Waals surface area contributed by atoms with Gasteiger partial charge in [0.15, 0.2) is 0 Å². The van der Waals surface area contributed by atoms with Gasteiger partial charge in [0.25, 0.3) is 0 Å². The van der Waals surface area contributed by atoms with Gasteiger partial charge in [0.1, 0.15) is 11.6 Å². The molecule has 0 aliphatic carbocycles. The molecular formula is C20H25N5O3. The molecule has 2 heterocycles. The number of amides is 1. The van der Waals surface area contributed by atoms with Crippen molar-refractivity contribution in [2.45, 2.75) is 32.9 Å². The van der Waals surface area contributed by atoms with E-state index in [1.165, 1.54) is 0 Å². The second kappa shape index (κ2) is 9.18. The zero-order valence-corrected chi connectivity index (χ0v) is 16.1. The number of hydrogen-bond donors (Lipinski definition) is 2. The van der Waals surface area contributed by atoms with E-state index in [1.54, 1.807) is 19.4 Å². The van der Waals surface area contributed by atoms with Crippen LogP contribution in [0.2, 0.25) is 0 Å². The molecule has 0 aliphatic heterocycles. The van der Waals surface area contributed by atoms with Crippen LogP contribution in [0.4, 0.5) is 0 Å². The van der Waals surface area contributed by atoms with Gasteiger partial charge < -0.3 is 15.2 Å². The van der Waals surface area contributed by atoms with Crippen LogP contribution in [0.25, 0.3) is 17.1 Å². The SMILES string of the molecule is CCOc1ccc(-c2nccn2-c2cnn(CCCC(=O)NC)c2)cc1CO. The maximum Gasteiger partial charge on any atom is 0.219 e.